The lowest BCUT2D eigenvalue weighted by atomic mass is 10.1. The van der Waals surface area contributed by atoms with E-state index in [9.17, 15) is 9.90 Å². The molecule has 1 aromatic heterocycles. The molecule has 2 rings (SSSR count). The number of nitrogens with one attached hydrogen (secondary N) is 2. The van der Waals surface area contributed by atoms with E-state index in [4.69, 9.17) is 0 Å². The smallest absolute Gasteiger partial charge is 0.319 e. The van der Waals surface area contributed by atoms with E-state index in [0.717, 1.165) is 11.3 Å². The van der Waals surface area contributed by atoms with Crippen molar-refractivity contribution in [3.63, 3.8) is 0 Å². The average molecular weight is 319 g/mol. The van der Waals surface area contributed by atoms with Gasteiger partial charge in [0.2, 0.25) is 0 Å². The number of hydrogen-bond acceptors (Lipinski definition) is 4. The molecular weight excluding hydrogens is 298 g/mol. The van der Waals surface area contributed by atoms with E-state index >= 15 is 0 Å². The summed E-state index contributed by atoms with van der Waals surface area (Å²) in [5.74, 6) is 0.229. The van der Waals surface area contributed by atoms with Gasteiger partial charge in [0, 0.05) is 18.2 Å². The SMILES string of the molecule is CC(O)CC(C)CNC(=O)Nc1cc(-c2ccccc2)ns1. The molecule has 0 aliphatic heterocycles. The van der Waals surface area contributed by atoms with Crippen molar-refractivity contribution in [1.82, 2.24) is 9.69 Å². The second-order valence-corrected chi connectivity index (χ2v) is 6.27. The number of urea groups is 1. The highest BCUT2D eigenvalue weighted by Gasteiger charge is 2.10. The van der Waals surface area contributed by atoms with Crippen LogP contribution < -0.4 is 10.6 Å². The number of aliphatic hydroxyl groups excluding tert-OH is 1. The van der Waals surface area contributed by atoms with E-state index in [1.54, 1.807) is 6.92 Å². The molecular formula is C16H21N3O2S. The van der Waals surface area contributed by atoms with Gasteiger partial charge in [-0.05, 0) is 30.8 Å². The summed E-state index contributed by atoms with van der Waals surface area (Å²) in [6.45, 7) is 4.27. The van der Waals surface area contributed by atoms with E-state index in [0.29, 0.717) is 18.0 Å². The normalized spacial score (nSPS) is 13.4. The van der Waals surface area contributed by atoms with Crippen molar-refractivity contribution in [3.8, 4) is 11.3 Å². The fraction of sp³-hybridized carbons (Fsp3) is 0.375. The topological polar surface area (TPSA) is 74.2 Å². The summed E-state index contributed by atoms with van der Waals surface area (Å²) in [7, 11) is 0. The van der Waals surface area contributed by atoms with Crippen LogP contribution in [0.15, 0.2) is 36.4 Å². The van der Waals surface area contributed by atoms with Gasteiger partial charge in [-0.1, -0.05) is 37.3 Å². The Bertz CT molecular complexity index is 598. The maximum Gasteiger partial charge on any atom is 0.319 e. The largest absolute Gasteiger partial charge is 0.393 e. The number of hydrogen-bond donors (Lipinski definition) is 3. The van der Waals surface area contributed by atoms with Crippen LogP contribution in [0.5, 0.6) is 0 Å². The van der Waals surface area contributed by atoms with Crippen molar-refractivity contribution < 1.29 is 9.90 Å². The number of aromatic nitrogens is 1. The third-order valence-electron chi connectivity index (χ3n) is 3.17. The number of amides is 2. The first-order valence-electron chi connectivity index (χ1n) is 7.29. The summed E-state index contributed by atoms with van der Waals surface area (Å²) in [4.78, 5) is 11.8. The molecule has 0 aliphatic rings. The van der Waals surface area contributed by atoms with E-state index in [1.165, 1.54) is 11.5 Å². The van der Waals surface area contributed by atoms with Gasteiger partial charge >= 0.3 is 6.03 Å². The predicted octanol–water partition coefficient (Wildman–Crippen LogP) is 3.34. The third-order valence-corrected chi connectivity index (χ3v) is 3.88. The van der Waals surface area contributed by atoms with Crippen LogP contribution in [-0.4, -0.2) is 28.2 Å². The van der Waals surface area contributed by atoms with Gasteiger partial charge < -0.3 is 10.4 Å². The molecule has 3 N–H and O–H groups in total. The van der Waals surface area contributed by atoms with Gasteiger partial charge in [-0.25, -0.2) is 4.79 Å². The lowest BCUT2D eigenvalue weighted by molar-refractivity contribution is 0.163. The first kappa shape index (κ1) is 16.5. The minimum Gasteiger partial charge on any atom is -0.393 e. The molecule has 0 saturated heterocycles. The Morgan fingerprint density at radius 3 is 2.73 bits per heavy atom. The number of aliphatic hydroxyl groups is 1. The zero-order valence-corrected chi connectivity index (χ0v) is 13.6. The zero-order valence-electron chi connectivity index (χ0n) is 12.7. The molecule has 0 aliphatic carbocycles. The van der Waals surface area contributed by atoms with Gasteiger partial charge in [-0.15, -0.1) is 0 Å². The molecule has 2 amide bonds. The highest BCUT2D eigenvalue weighted by molar-refractivity contribution is 7.10. The molecule has 1 aromatic carbocycles. The Morgan fingerprint density at radius 2 is 2.05 bits per heavy atom. The Labute approximate surface area is 134 Å². The fourth-order valence-corrected chi connectivity index (χ4v) is 2.83. The number of rotatable bonds is 6. The number of carbonyl (C=O) groups is 1. The minimum atomic E-state index is -0.352. The second-order valence-electron chi connectivity index (χ2n) is 5.47. The van der Waals surface area contributed by atoms with Gasteiger partial charge in [0.15, 0.2) is 0 Å². The molecule has 5 nitrogen and oxygen atoms in total. The lowest BCUT2D eigenvalue weighted by Crippen LogP contribution is -2.32. The monoisotopic (exact) mass is 319 g/mol. The minimum absolute atomic E-state index is 0.229. The summed E-state index contributed by atoms with van der Waals surface area (Å²) >= 11 is 1.26. The van der Waals surface area contributed by atoms with Crippen LogP contribution in [0.2, 0.25) is 0 Å². The first-order chi connectivity index (χ1) is 10.5. The van der Waals surface area contributed by atoms with Crippen molar-refractivity contribution in [1.29, 1.82) is 0 Å². The maximum absolute atomic E-state index is 11.8. The van der Waals surface area contributed by atoms with Crippen molar-refractivity contribution in [2.45, 2.75) is 26.4 Å². The Hall–Kier alpha value is -1.92. The van der Waals surface area contributed by atoms with E-state index in [1.807, 2.05) is 43.3 Å². The van der Waals surface area contributed by atoms with Gasteiger partial charge in [0.1, 0.15) is 5.00 Å². The molecule has 2 aromatic rings. The molecule has 118 valence electrons. The summed E-state index contributed by atoms with van der Waals surface area (Å²) in [5, 5.41) is 15.6. The zero-order chi connectivity index (χ0) is 15.9. The number of anilines is 1. The quantitative estimate of drug-likeness (QED) is 0.764. The van der Waals surface area contributed by atoms with Crippen LogP contribution in [0.1, 0.15) is 20.3 Å². The average Bonchev–Trinajstić information content (AvgIpc) is 2.94. The van der Waals surface area contributed by atoms with Crippen LogP contribution in [0, 0.1) is 5.92 Å². The summed E-state index contributed by atoms with van der Waals surface area (Å²) in [5.41, 5.74) is 1.88. The molecule has 1 heterocycles. The summed E-state index contributed by atoms with van der Waals surface area (Å²) in [6, 6.07) is 11.4. The standard InChI is InChI=1S/C16H21N3O2S/c1-11(8-12(2)20)10-17-16(21)18-15-9-14(19-22-15)13-6-4-3-5-7-13/h3-7,9,11-12,20H,8,10H2,1-2H3,(H2,17,18,21). The molecule has 2 atom stereocenters. The molecule has 0 saturated carbocycles. The van der Waals surface area contributed by atoms with Crippen molar-refractivity contribution in [2.24, 2.45) is 5.92 Å². The third kappa shape index (κ3) is 5.13. The fourth-order valence-electron chi connectivity index (χ4n) is 2.17. The van der Waals surface area contributed by atoms with Crippen molar-refractivity contribution in [2.75, 3.05) is 11.9 Å². The van der Waals surface area contributed by atoms with Gasteiger partial charge in [-0.2, -0.15) is 4.37 Å². The predicted molar refractivity (Wildman–Crippen MR) is 90.0 cm³/mol. The maximum atomic E-state index is 11.8. The molecule has 2 unspecified atom stereocenters. The van der Waals surface area contributed by atoms with Gasteiger partial charge in [-0.3, -0.25) is 5.32 Å². The van der Waals surface area contributed by atoms with Crippen LogP contribution in [-0.2, 0) is 0 Å². The van der Waals surface area contributed by atoms with Crippen LogP contribution in [0.3, 0.4) is 0 Å². The molecule has 0 fully saturated rings. The van der Waals surface area contributed by atoms with Crippen LogP contribution >= 0.6 is 11.5 Å². The summed E-state index contributed by atoms with van der Waals surface area (Å²) in [6.07, 6.45) is 0.314. The van der Waals surface area contributed by atoms with E-state index in [2.05, 4.69) is 15.0 Å². The van der Waals surface area contributed by atoms with E-state index in [-0.39, 0.29) is 18.1 Å². The lowest BCUT2D eigenvalue weighted by Gasteiger charge is -2.14. The van der Waals surface area contributed by atoms with Crippen LogP contribution in [0.25, 0.3) is 11.3 Å². The Morgan fingerprint density at radius 1 is 1.32 bits per heavy atom. The van der Waals surface area contributed by atoms with Gasteiger partial charge in [0.05, 0.1) is 11.8 Å². The number of carbonyl (C=O) groups excluding carboxylic acids is 1. The second kappa shape index (κ2) is 7.91. The molecule has 0 spiro atoms. The van der Waals surface area contributed by atoms with E-state index < -0.39 is 0 Å². The number of nitrogens with zero attached hydrogens (tertiary/aromatic N) is 1. The molecule has 6 heteroatoms. The first-order valence-corrected chi connectivity index (χ1v) is 8.07. The van der Waals surface area contributed by atoms with Crippen molar-refractivity contribution >= 4 is 22.6 Å². The Balaban J connectivity index is 1.84. The number of benzene rings is 1. The molecule has 22 heavy (non-hydrogen) atoms. The summed E-state index contributed by atoms with van der Waals surface area (Å²) < 4.78 is 4.34. The Kier molecular flexibility index (Phi) is 5.91. The highest BCUT2D eigenvalue weighted by atomic mass is 32.1. The van der Waals surface area contributed by atoms with Gasteiger partial charge in [0.25, 0.3) is 0 Å². The highest BCUT2D eigenvalue weighted by Crippen LogP contribution is 2.24. The van der Waals surface area contributed by atoms with Crippen LogP contribution in [0.4, 0.5) is 9.80 Å². The molecule has 0 bridgehead atoms. The van der Waals surface area contributed by atoms with Crippen molar-refractivity contribution in [3.05, 3.63) is 36.4 Å². The molecule has 0 radical (unpaired) electrons.